The molecule has 3 nitrogen and oxygen atoms in total. The van der Waals surface area contributed by atoms with Crippen LogP contribution in [0.2, 0.25) is 0 Å². The van der Waals surface area contributed by atoms with Gasteiger partial charge in [0.1, 0.15) is 6.04 Å². The summed E-state index contributed by atoms with van der Waals surface area (Å²) in [6.45, 7) is 8.11. The van der Waals surface area contributed by atoms with Crippen LogP contribution in [0.1, 0.15) is 61.0 Å². The first-order valence-corrected chi connectivity index (χ1v) is 12.1. The van der Waals surface area contributed by atoms with E-state index in [4.69, 9.17) is 5.73 Å². The molecule has 4 rings (SSSR count). The fraction of sp³-hybridized carbons (Fsp3) is 0.345. The van der Waals surface area contributed by atoms with Crippen molar-refractivity contribution in [2.75, 3.05) is 0 Å². The van der Waals surface area contributed by atoms with E-state index in [1.807, 2.05) is 13.1 Å². The number of aromatic nitrogens is 2. The molecule has 2 aromatic carbocycles. The minimum atomic E-state index is -4.50. The molecule has 1 atom stereocenters. The minimum Gasteiger partial charge on any atom is -0.316 e. The van der Waals surface area contributed by atoms with Crippen LogP contribution in [0.5, 0.6) is 0 Å². The van der Waals surface area contributed by atoms with Crippen LogP contribution in [0.4, 0.5) is 13.2 Å². The number of hydrogen-bond acceptors (Lipinski definition) is 2. The summed E-state index contributed by atoms with van der Waals surface area (Å²) in [5.74, 6) is 0. The quantitative estimate of drug-likeness (QED) is 0.319. The second-order valence-electron chi connectivity index (χ2n) is 9.65. The van der Waals surface area contributed by atoms with Crippen LogP contribution < -0.4 is 5.73 Å². The predicted octanol–water partition coefficient (Wildman–Crippen LogP) is 7.73. The third kappa shape index (κ3) is 5.59. The predicted molar refractivity (Wildman–Crippen MR) is 136 cm³/mol. The van der Waals surface area contributed by atoms with Crippen LogP contribution in [0.25, 0.3) is 22.9 Å². The SMILES string of the molecule is C=C/C(=C\n1ncc(-c2cccc(C(N)C(F)(F)F)c2)c1C)c1ccc(CC2(CCC)CC2)cc1. The monoisotopic (exact) mass is 479 g/mol. The number of rotatable bonds is 9. The van der Waals surface area contributed by atoms with E-state index in [1.54, 1.807) is 29.1 Å². The molecular weight excluding hydrogens is 447 g/mol. The molecule has 2 N–H and O–H groups in total. The number of halogens is 3. The van der Waals surface area contributed by atoms with E-state index >= 15 is 0 Å². The summed E-state index contributed by atoms with van der Waals surface area (Å²) in [6, 6.07) is 12.8. The molecule has 0 saturated heterocycles. The van der Waals surface area contributed by atoms with E-state index in [0.717, 1.165) is 28.8 Å². The fourth-order valence-corrected chi connectivity index (χ4v) is 4.77. The first-order valence-electron chi connectivity index (χ1n) is 12.1. The van der Waals surface area contributed by atoms with Gasteiger partial charge in [0.2, 0.25) is 0 Å². The van der Waals surface area contributed by atoms with E-state index in [0.29, 0.717) is 11.0 Å². The summed E-state index contributed by atoms with van der Waals surface area (Å²) >= 11 is 0. The highest BCUT2D eigenvalue weighted by Crippen LogP contribution is 2.52. The third-order valence-corrected chi connectivity index (χ3v) is 7.04. The van der Waals surface area contributed by atoms with Crippen LogP contribution in [0.3, 0.4) is 0 Å². The summed E-state index contributed by atoms with van der Waals surface area (Å²) in [7, 11) is 0. The standard InChI is InChI=1S/C29H32F3N3/c1-4-13-28(14-15-28)17-21-9-11-23(12-10-21)22(5-2)19-35-20(3)26(18-34-35)24-7-6-8-25(16-24)27(33)29(30,31)32/h5-12,16,18-19,27H,2,4,13-15,17,33H2,1,3H3/b22-19+. The van der Waals surface area contributed by atoms with Crippen molar-refractivity contribution in [2.24, 2.45) is 11.1 Å². The molecule has 0 radical (unpaired) electrons. The van der Waals surface area contributed by atoms with Crippen LogP contribution in [-0.2, 0) is 6.42 Å². The lowest BCUT2D eigenvalue weighted by molar-refractivity contribution is -0.149. The molecule has 6 heteroatoms. The zero-order valence-corrected chi connectivity index (χ0v) is 20.3. The van der Waals surface area contributed by atoms with Crippen molar-refractivity contribution >= 4 is 11.8 Å². The smallest absolute Gasteiger partial charge is 0.316 e. The van der Waals surface area contributed by atoms with Crippen molar-refractivity contribution < 1.29 is 13.2 Å². The van der Waals surface area contributed by atoms with Crippen molar-refractivity contribution in [3.63, 3.8) is 0 Å². The molecule has 1 unspecified atom stereocenters. The van der Waals surface area contributed by atoms with Gasteiger partial charge < -0.3 is 5.73 Å². The molecule has 1 aromatic heterocycles. The Morgan fingerprint density at radius 1 is 1.20 bits per heavy atom. The molecule has 35 heavy (non-hydrogen) atoms. The van der Waals surface area contributed by atoms with Crippen LogP contribution in [-0.4, -0.2) is 16.0 Å². The Morgan fingerprint density at radius 3 is 2.51 bits per heavy atom. The highest BCUT2D eigenvalue weighted by Gasteiger charge is 2.41. The first-order chi connectivity index (χ1) is 16.7. The second kappa shape index (κ2) is 9.86. The number of hydrogen-bond donors (Lipinski definition) is 1. The van der Waals surface area contributed by atoms with E-state index in [9.17, 15) is 13.2 Å². The Bertz CT molecular complexity index is 1210. The highest BCUT2D eigenvalue weighted by molar-refractivity contribution is 5.82. The first kappa shape index (κ1) is 25.0. The maximum Gasteiger partial charge on any atom is 0.407 e. The van der Waals surface area contributed by atoms with E-state index < -0.39 is 12.2 Å². The van der Waals surface area contributed by atoms with Gasteiger partial charge in [0.05, 0.1) is 6.20 Å². The van der Waals surface area contributed by atoms with Crippen molar-refractivity contribution in [2.45, 2.75) is 58.2 Å². The lowest BCUT2D eigenvalue weighted by Gasteiger charge is -2.16. The number of benzene rings is 2. The molecule has 1 saturated carbocycles. The maximum atomic E-state index is 13.1. The van der Waals surface area contributed by atoms with E-state index in [-0.39, 0.29) is 5.56 Å². The highest BCUT2D eigenvalue weighted by atomic mass is 19.4. The average Bonchev–Trinajstić information content (AvgIpc) is 3.49. The molecule has 0 spiro atoms. The molecule has 1 fully saturated rings. The Kier molecular flexibility index (Phi) is 7.04. The molecule has 1 heterocycles. The summed E-state index contributed by atoms with van der Waals surface area (Å²) in [6.07, 6.45) is 7.15. The topological polar surface area (TPSA) is 43.8 Å². The summed E-state index contributed by atoms with van der Waals surface area (Å²) in [5, 5.41) is 4.46. The molecular formula is C29H32F3N3. The summed E-state index contributed by atoms with van der Waals surface area (Å²) in [4.78, 5) is 0. The van der Waals surface area contributed by atoms with Gasteiger partial charge in [-0.05, 0) is 71.9 Å². The fourth-order valence-electron chi connectivity index (χ4n) is 4.77. The Labute approximate surface area is 205 Å². The second-order valence-corrected chi connectivity index (χ2v) is 9.65. The zero-order chi connectivity index (χ0) is 25.2. The van der Waals surface area contributed by atoms with Crippen molar-refractivity contribution in [1.29, 1.82) is 0 Å². The lowest BCUT2D eigenvalue weighted by atomic mass is 9.91. The Hall–Kier alpha value is -3.12. The average molecular weight is 480 g/mol. The molecule has 1 aliphatic rings. The normalized spacial score (nSPS) is 16.2. The van der Waals surface area contributed by atoms with Gasteiger partial charge in [-0.2, -0.15) is 18.3 Å². The van der Waals surface area contributed by atoms with Crippen LogP contribution in [0.15, 0.2) is 67.4 Å². The minimum absolute atomic E-state index is 0.0245. The van der Waals surface area contributed by atoms with Crippen LogP contribution >= 0.6 is 0 Å². The largest absolute Gasteiger partial charge is 0.407 e. The molecule has 0 amide bonds. The van der Waals surface area contributed by atoms with Gasteiger partial charge in [0.25, 0.3) is 0 Å². The molecule has 1 aliphatic carbocycles. The third-order valence-electron chi connectivity index (χ3n) is 7.04. The van der Waals surface area contributed by atoms with Gasteiger partial charge in [-0.3, -0.25) is 0 Å². The van der Waals surface area contributed by atoms with E-state index in [1.165, 1.54) is 43.4 Å². The van der Waals surface area contributed by atoms with Gasteiger partial charge in [-0.25, -0.2) is 4.68 Å². The van der Waals surface area contributed by atoms with Gasteiger partial charge in [0.15, 0.2) is 0 Å². The number of alkyl halides is 3. The maximum absolute atomic E-state index is 13.1. The molecule has 184 valence electrons. The lowest BCUT2D eigenvalue weighted by Crippen LogP contribution is -2.28. The van der Waals surface area contributed by atoms with Crippen molar-refractivity contribution in [3.05, 3.63) is 89.8 Å². The van der Waals surface area contributed by atoms with Gasteiger partial charge in [-0.15, -0.1) is 0 Å². The van der Waals surface area contributed by atoms with Gasteiger partial charge in [0, 0.05) is 17.5 Å². The Morgan fingerprint density at radius 2 is 1.91 bits per heavy atom. The number of nitrogens with two attached hydrogens (primary N) is 1. The number of nitrogens with zero attached hydrogens (tertiary/aromatic N) is 2. The molecule has 0 aliphatic heterocycles. The summed E-state index contributed by atoms with van der Waals surface area (Å²) in [5.41, 5.74) is 11.5. The zero-order valence-electron chi connectivity index (χ0n) is 20.3. The Balaban J connectivity index is 1.56. The van der Waals surface area contributed by atoms with E-state index in [2.05, 4.69) is 42.9 Å². The molecule has 3 aromatic rings. The van der Waals surface area contributed by atoms with Crippen molar-refractivity contribution in [3.8, 4) is 11.1 Å². The van der Waals surface area contributed by atoms with Gasteiger partial charge >= 0.3 is 6.18 Å². The van der Waals surface area contributed by atoms with Crippen molar-refractivity contribution in [1.82, 2.24) is 9.78 Å². The summed E-state index contributed by atoms with van der Waals surface area (Å²) < 4.78 is 41.0. The molecule has 0 bridgehead atoms. The number of allylic oxidation sites excluding steroid dienone is 2. The van der Waals surface area contributed by atoms with Gasteiger partial charge in [-0.1, -0.05) is 68.5 Å². The van der Waals surface area contributed by atoms with Crippen LogP contribution in [0, 0.1) is 12.3 Å².